The van der Waals surface area contributed by atoms with E-state index in [1.807, 2.05) is 0 Å². The van der Waals surface area contributed by atoms with E-state index in [1.54, 1.807) is 0 Å². The fraction of sp³-hybridized carbons (Fsp3) is 0.833. The molecular formula is C12H22O. The van der Waals surface area contributed by atoms with Gasteiger partial charge in [-0.15, -0.1) is 12.3 Å². The molecule has 0 aromatic heterocycles. The van der Waals surface area contributed by atoms with Crippen LogP contribution >= 0.6 is 0 Å². The quantitative estimate of drug-likeness (QED) is 0.648. The van der Waals surface area contributed by atoms with Crippen LogP contribution in [-0.2, 0) is 0 Å². The Bertz CT molecular complexity index is 164. The number of terminal acetylenes is 1. The molecule has 1 N–H and O–H groups in total. The van der Waals surface area contributed by atoms with E-state index < -0.39 is 5.60 Å². The summed E-state index contributed by atoms with van der Waals surface area (Å²) in [7, 11) is 0. The summed E-state index contributed by atoms with van der Waals surface area (Å²) in [5, 5.41) is 10.2. The highest BCUT2D eigenvalue weighted by Crippen LogP contribution is 2.27. The minimum atomic E-state index is -0.642. The van der Waals surface area contributed by atoms with Crippen LogP contribution in [0.3, 0.4) is 0 Å². The second-order valence-electron chi connectivity index (χ2n) is 4.80. The fourth-order valence-electron chi connectivity index (χ4n) is 1.94. The van der Waals surface area contributed by atoms with Gasteiger partial charge in [-0.3, -0.25) is 0 Å². The Balaban J connectivity index is 4.26. The van der Waals surface area contributed by atoms with Crippen LogP contribution in [0.2, 0.25) is 0 Å². The molecule has 0 rings (SSSR count). The maximum Gasteiger partial charge on any atom is 0.0761 e. The lowest BCUT2D eigenvalue weighted by atomic mass is 9.83. The summed E-state index contributed by atoms with van der Waals surface area (Å²) in [6, 6.07) is 0. The van der Waals surface area contributed by atoms with Crippen molar-refractivity contribution in [3.63, 3.8) is 0 Å². The van der Waals surface area contributed by atoms with Crippen molar-refractivity contribution in [2.45, 2.75) is 52.6 Å². The molecule has 0 aliphatic heterocycles. The van der Waals surface area contributed by atoms with Crippen LogP contribution in [0.15, 0.2) is 0 Å². The standard InChI is InChI=1S/C12H22O/c1-6-7-12(13,8-10(2)3)9-11(4)5/h1,10-11,13H,7-9H2,2-5H3. The van der Waals surface area contributed by atoms with E-state index in [4.69, 9.17) is 6.42 Å². The highest BCUT2D eigenvalue weighted by Gasteiger charge is 2.27. The maximum atomic E-state index is 10.2. The molecule has 0 aliphatic carbocycles. The van der Waals surface area contributed by atoms with Gasteiger partial charge in [0.25, 0.3) is 0 Å². The molecule has 0 saturated heterocycles. The fourth-order valence-corrected chi connectivity index (χ4v) is 1.94. The van der Waals surface area contributed by atoms with Crippen LogP contribution in [0.4, 0.5) is 0 Å². The first-order chi connectivity index (χ1) is 5.89. The highest BCUT2D eigenvalue weighted by atomic mass is 16.3. The summed E-state index contributed by atoms with van der Waals surface area (Å²) >= 11 is 0. The third-order valence-corrected chi connectivity index (χ3v) is 2.01. The molecule has 0 unspecified atom stereocenters. The molecule has 0 aromatic rings. The molecule has 0 radical (unpaired) electrons. The van der Waals surface area contributed by atoms with Crippen molar-refractivity contribution in [2.75, 3.05) is 0 Å². The SMILES string of the molecule is C#CCC(O)(CC(C)C)CC(C)C. The summed E-state index contributed by atoms with van der Waals surface area (Å²) in [6.07, 6.45) is 7.33. The molecular weight excluding hydrogens is 160 g/mol. The van der Waals surface area contributed by atoms with Gasteiger partial charge in [0.1, 0.15) is 0 Å². The summed E-state index contributed by atoms with van der Waals surface area (Å²) in [4.78, 5) is 0. The van der Waals surface area contributed by atoms with Crippen molar-refractivity contribution in [1.29, 1.82) is 0 Å². The number of hydrogen-bond donors (Lipinski definition) is 1. The molecule has 0 heterocycles. The van der Waals surface area contributed by atoms with Gasteiger partial charge < -0.3 is 5.11 Å². The summed E-state index contributed by atoms with van der Waals surface area (Å²) in [5.74, 6) is 3.56. The van der Waals surface area contributed by atoms with Crippen LogP contribution in [0.25, 0.3) is 0 Å². The molecule has 76 valence electrons. The number of rotatable bonds is 5. The second-order valence-corrected chi connectivity index (χ2v) is 4.80. The molecule has 1 nitrogen and oxygen atoms in total. The van der Waals surface area contributed by atoms with Gasteiger partial charge in [-0.25, -0.2) is 0 Å². The van der Waals surface area contributed by atoms with Crippen molar-refractivity contribution in [3.8, 4) is 12.3 Å². The Morgan fingerprint density at radius 2 is 1.54 bits per heavy atom. The Hall–Kier alpha value is -0.480. The molecule has 1 heteroatoms. The Kier molecular flexibility index (Phi) is 5.10. The second kappa shape index (κ2) is 5.29. The van der Waals surface area contributed by atoms with E-state index in [2.05, 4.69) is 33.6 Å². The topological polar surface area (TPSA) is 20.2 Å². The minimum absolute atomic E-state index is 0.476. The third-order valence-electron chi connectivity index (χ3n) is 2.01. The Morgan fingerprint density at radius 1 is 1.15 bits per heavy atom. The Morgan fingerprint density at radius 3 is 1.77 bits per heavy atom. The van der Waals surface area contributed by atoms with E-state index >= 15 is 0 Å². The first kappa shape index (κ1) is 12.5. The smallest absolute Gasteiger partial charge is 0.0761 e. The average molecular weight is 182 g/mol. The molecule has 0 amide bonds. The Labute approximate surface area is 82.5 Å². The van der Waals surface area contributed by atoms with Crippen molar-refractivity contribution in [2.24, 2.45) is 11.8 Å². The third kappa shape index (κ3) is 5.71. The van der Waals surface area contributed by atoms with Crippen molar-refractivity contribution >= 4 is 0 Å². The van der Waals surface area contributed by atoms with Gasteiger partial charge in [-0.05, 0) is 24.7 Å². The van der Waals surface area contributed by atoms with E-state index in [0.29, 0.717) is 18.3 Å². The van der Waals surface area contributed by atoms with E-state index in [9.17, 15) is 5.11 Å². The van der Waals surface area contributed by atoms with Gasteiger partial charge in [0.15, 0.2) is 0 Å². The molecule has 13 heavy (non-hydrogen) atoms. The van der Waals surface area contributed by atoms with Gasteiger partial charge in [0, 0.05) is 6.42 Å². The lowest BCUT2D eigenvalue weighted by Gasteiger charge is -2.29. The van der Waals surface area contributed by atoms with Crippen molar-refractivity contribution < 1.29 is 5.11 Å². The van der Waals surface area contributed by atoms with Crippen molar-refractivity contribution in [1.82, 2.24) is 0 Å². The minimum Gasteiger partial charge on any atom is -0.389 e. The highest BCUT2D eigenvalue weighted by molar-refractivity contribution is 4.96. The molecule has 0 saturated carbocycles. The van der Waals surface area contributed by atoms with E-state index in [1.165, 1.54) is 0 Å². The largest absolute Gasteiger partial charge is 0.389 e. The zero-order valence-corrected chi connectivity index (χ0v) is 9.30. The van der Waals surface area contributed by atoms with Crippen LogP contribution in [0.1, 0.15) is 47.0 Å². The molecule has 0 fully saturated rings. The van der Waals surface area contributed by atoms with Crippen LogP contribution < -0.4 is 0 Å². The van der Waals surface area contributed by atoms with E-state index in [-0.39, 0.29) is 0 Å². The predicted molar refractivity (Wildman–Crippen MR) is 57.3 cm³/mol. The summed E-state index contributed by atoms with van der Waals surface area (Å²) in [6.45, 7) is 8.45. The molecule has 0 atom stereocenters. The predicted octanol–water partition coefficient (Wildman–Crippen LogP) is 2.83. The first-order valence-electron chi connectivity index (χ1n) is 5.05. The van der Waals surface area contributed by atoms with Gasteiger partial charge in [-0.2, -0.15) is 0 Å². The molecule has 0 aliphatic rings. The van der Waals surface area contributed by atoms with Gasteiger partial charge in [-0.1, -0.05) is 27.7 Å². The lowest BCUT2D eigenvalue weighted by Crippen LogP contribution is -2.31. The van der Waals surface area contributed by atoms with Gasteiger partial charge >= 0.3 is 0 Å². The summed E-state index contributed by atoms with van der Waals surface area (Å²) in [5.41, 5.74) is -0.642. The molecule has 0 spiro atoms. The average Bonchev–Trinajstić information content (AvgIpc) is 1.81. The summed E-state index contributed by atoms with van der Waals surface area (Å²) < 4.78 is 0. The molecule has 0 bridgehead atoms. The zero-order chi connectivity index (χ0) is 10.5. The van der Waals surface area contributed by atoms with Crippen LogP contribution in [0.5, 0.6) is 0 Å². The first-order valence-corrected chi connectivity index (χ1v) is 5.05. The van der Waals surface area contributed by atoms with E-state index in [0.717, 1.165) is 12.8 Å². The lowest BCUT2D eigenvalue weighted by molar-refractivity contribution is 0.00518. The normalized spacial score (nSPS) is 12.2. The molecule has 0 aromatic carbocycles. The van der Waals surface area contributed by atoms with Crippen LogP contribution in [0, 0.1) is 24.2 Å². The number of hydrogen-bond acceptors (Lipinski definition) is 1. The number of aliphatic hydroxyl groups is 1. The maximum absolute atomic E-state index is 10.2. The van der Waals surface area contributed by atoms with Gasteiger partial charge in [0.05, 0.1) is 5.60 Å². The van der Waals surface area contributed by atoms with Gasteiger partial charge in [0.2, 0.25) is 0 Å². The monoisotopic (exact) mass is 182 g/mol. The van der Waals surface area contributed by atoms with Crippen LogP contribution in [-0.4, -0.2) is 10.7 Å². The zero-order valence-electron chi connectivity index (χ0n) is 9.30. The van der Waals surface area contributed by atoms with Crippen molar-refractivity contribution in [3.05, 3.63) is 0 Å².